The van der Waals surface area contributed by atoms with Crippen LogP contribution in [0.4, 0.5) is 0 Å². The van der Waals surface area contributed by atoms with Crippen molar-refractivity contribution in [3.8, 4) is 0 Å². The van der Waals surface area contributed by atoms with Crippen LogP contribution in [-0.4, -0.2) is 60.9 Å². The van der Waals surface area contributed by atoms with E-state index in [9.17, 15) is 4.79 Å². The Labute approximate surface area is 90.4 Å². The number of aliphatic hydroxyl groups excluding tert-OH is 1. The molecule has 0 radical (unpaired) electrons. The summed E-state index contributed by atoms with van der Waals surface area (Å²) in [6.07, 6.45) is -0.157. The second-order valence-electron chi connectivity index (χ2n) is 3.74. The monoisotopic (exact) mass is 216 g/mol. The Morgan fingerprint density at radius 3 is 3.07 bits per heavy atom. The van der Waals surface area contributed by atoms with Gasteiger partial charge in [-0.1, -0.05) is 0 Å². The molecule has 2 atom stereocenters. The molecule has 1 aliphatic heterocycles. The molecule has 0 aromatic heterocycles. The molecule has 15 heavy (non-hydrogen) atoms. The summed E-state index contributed by atoms with van der Waals surface area (Å²) >= 11 is 0. The maximum Gasteiger partial charge on any atom is 0.237 e. The molecule has 2 N–H and O–H groups in total. The van der Waals surface area contributed by atoms with Crippen LogP contribution in [0.5, 0.6) is 0 Å². The van der Waals surface area contributed by atoms with Gasteiger partial charge in [0.2, 0.25) is 5.91 Å². The fraction of sp³-hybridized carbons (Fsp3) is 0.900. The quantitative estimate of drug-likeness (QED) is 0.646. The van der Waals surface area contributed by atoms with Crippen LogP contribution >= 0.6 is 0 Å². The molecule has 0 saturated carbocycles. The van der Waals surface area contributed by atoms with E-state index >= 15 is 0 Å². The number of hydrogen-bond acceptors (Lipinski definition) is 4. The van der Waals surface area contributed by atoms with E-state index in [1.54, 1.807) is 0 Å². The van der Waals surface area contributed by atoms with Gasteiger partial charge in [0, 0.05) is 19.6 Å². The van der Waals surface area contributed by atoms with Crippen LogP contribution in [0.2, 0.25) is 0 Å². The van der Waals surface area contributed by atoms with Gasteiger partial charge in [0.15, 0.2) is 0 Å². The Morgan fingerprint density at radius 2 is 2.47 bits per heavy atom. The third-order valence-corrected chi connectivity index (χ3v) is 2.65. The fourth-order valence-corrected chi connectivity index (χ4v) is 1.69. The van der Waals surface area contributed by atoms with Crippen LogP contribution in [0.25, 0.3) is 0 Å². The number of rotatable bonds is 4. The molecule has 1 rings (SSSR count). The summed E-state index contributed by atoms with van der Waals surface area (Å²) in [5.41, 5.74) is 0. The van der Waals surface area contributed by atoms with Gasteiger partial charge in [-0.15, -0.1) is 0 Å². The highest BCUT2D eigenvalue weighted by atomic mass is 16.5. The predicted molar refractivity (Wildman–Crippen MR) is 56.5 cm³/mol. The molecule has 0 aliphatic carbocycles. The lowest BCUT2D eigenvalue weighted by Crippen LogP contribution is -2.52. The molecule has 88 valence electrons. The summed E-state index contributed by atoms with van der Waals surface area (Å²) in [6, 6.07) is -0.150. The normalized spacial score (nSPS) is 24.9. The van der Waals surface area contributed by atoms with E-state index in [0.717, 1.165) is 6.54 Å². The highest BCUT2D eigenvalue weighted by Crippen LogP contribution is 2.08. The average Bonchev–Trinajstić information content (AvgIpc) is 2.28. The van der Waals surface area contributed by atoms with Crippen molar-refractivity contribution >= 4 is 5.91 Å². The largest absolute Gasteiger partial charge is 0.394 e. The molecule has 0 aromatic rings. The van der Waals surface area contributed by atoms with Gasteiger partial charge in [-0.25, -0.2) is 0 Å². The van der Waals surface area contributed by atoms with E-state index < -0.39 is 0 Å². The SMILES string of the molecule is CCNC(=O)C(C)N1CCOC(CO)C1. The highest BCUT2D eigenvalue weighted by molar-refractivity contribution is 5.81. The first kappa shape index (κ1) is 12.4. The summed E-state index contributed by atoms with van der Waals surface area (Å²) in [5, 5.41) is 11.8. The van der Waals surface area contributed by atoms with Crippen LogP contribution in [0.15, 0.2) is 0 Å². The first-order valence-electron chi connectivity index (χ1n) is 5.43. The van der Waals surface area contributed by atoms with Crippen molar-refractivity contribution in [2.24, 2.45) is 0 Å². The summed E-state index contributed by atoms with van der Waals surface area (Å²) in [5.74, 6) is 0.0380. The second kappa shape index (κ2) is 6.05. The van der Waals surface area contributed by atoms with E-state index in [1.807, 2.05) is 18.7 Å². The van der Waals surface area contributed by atoms with Crippen molar-refractivity contribution in [2.75, 3.05) is 32.8 Å². The number of amides is 1. The lowest BCUT2D eigenvalue weighted by atomic mass is 10.2. The Bertz CT molecular complexity index is 211. The molecular formula is C10H20N2O3. The van der Waals surface area contributed by atoms with Crippen molar-refractivity contribution in [1.29, 1.82) is 0 Å². The number of hydrogen-bond donors (Lipinski definition) is 2. The summed E-state index contributed by atoms with van der Waals surface area (Å²) in [7, 11) is 0. The van der Waals surface area contributed by atoms with Gasteiger partial charge in [0.25, 0.3) is 0 Å². The van der Waals surface area contributed by atoms with Gasteiger partial charge in [-0.3, -0.25) is 9.69 Å². The van der Waals surface area contributed by atoms with Gasteiger partial charge in [0.1, 0.15) is 0 Å². The average molecular weight is 216 g/mol. The van der Waals surface area contributed by atoms with Crippen LogP contribution in [-0.2, 0) is 9.53 Å². The molecule has 1 aliphatic rings. The van der Waals surface area contributed by atoms with Crippen LogP contribution < -0.4 is 5.32 Å². The molecule has 0 spiro atoms. The first-order valence-corrected chi connectivity index (χ1v) is 5.43. The minimum atomic E-state index is -0.157. The molecular weight excluding hydrogens is 196 g/mol. The fourth-order valence-electron chi connectivity index (χ4n) is 1.69. The van der Waals surface area contributed by atoms with Crippen molar-refractivity contribution in [1.82, 2.24) is 10.2 Å². The number of nitrogens with zero attached hydrogens (tertiary/aromatic N) is 1. The zero-order valence-corrected chi connectivity index (χ0v) is 9.40. The third-order valence-electron chi connectivity index (χ3n) is 2.65. The predicted octanol–water partition coefficient (Wildman–Crippen LogP) is -0.796. The maximum absolute atomic E-state index is 11.6. The Morgan fingerprint density at radius 1 is 1.73 bits per heavy atom. The minimum absolute atomic E-state index is 0.0125. The van der Waals surface area contributed by atoms with Crippen LogP contribution in [0, 0.1) is 0 Å². The number of aliphatic hydroxyl groups is 1. The zero-order chi connectivity index (χ0) is 11.3. The van der Waals surface area contributed by atoms with Crippen LogP contribution in [0.3, 0.4) is 0 Å². The number of likely N-dealkylation sites (N-methyl/N-ethyl adjacent to an activating group) is 1. The summed E-state index contributed by atoms with van der Waals surface area (Å²) in [6.45, 7) is 6.39. The summed E-state index contributed by atoms with van der Waals surface area (Å²) < 4.78 is 5.32. The van der Waals surface area contributed by atoms with E-state index in [0.29, 0.717) is 19.7 Å². The molecule has 1 saturated heterocycles. The molecule has 5 heteroatoms. The van der Waals surface area contributed by atoms with Crippen molar-refractivity contribution in [3.63, 3.8) is 0 Å². The lowest BCUT2D eigenvalue weighted by molar-refractivity contribution is -0.130. The maximum atomic E-state index is 11.6. The number of carbonyl (C=O) groups excluding carboxylic acids is 1. The minimum Gasteiger partial charge on any atom is -0.394 e. The first-order chi connectivity index (χ1) is 7.19. The topological polar surface area (TPSA) is 61.8 Å². The standard InChI is InChI=1S/C10H20N2O3/c1-3-11-10(14)8(2)12-4-5-15-9(6-12)7-13/h8-9,13H,3-7H2,1-2H3,(H,11,14). The second-order valence-corrected chi connectivity index (χ2v) is 3.74. The number of carbonyl (C=O) groups is 1. The van der Waals surface area contributed by atoms with Crippen molar-refractivity contribution in [3.05, 3.63) is 0 Å². The van der Waals surface area contributed by atoms with E-state index in [-0.39, 0.29) is 24.7 Å². The van der Waals surface area contributed by atoms with Crippen molar-refractivity contribution < 1.29 is 14.6 Å². The molecule has 0 bridgehead atoms. The third kappa shape index (κ3) is 3.44. The zero-order valence-electron chi connectivity index (χ0n) is 9.40. The number of ether oxygens (including phenoxy) is 1. The molecule has 2 unspecified atom stereocenters. The van der Waals surface area contributed by atoms with Gasteiger partial charge in [-0.2, -0.15) is 0 Å². The smallest absolute Gasteiger partial charge is 0.237 e. The number of morpholine rings is 1. The van der Waals surface area contributed by atoms with E-state index in [2.05, 4.69) is 5.32 Å². The molecule has 1 heterocycles. The van der Waals surface area contributed by atoms with E-state index in [1.165, 1.54) is 0 Å². The summed E-state index contributed by atoms with van der Waals surface area (Å²) in [4.78, 5) is 13.6. The van der Waals surface area contributed by atoms with Gasteiger partial charge < -0.3 is 15.2 Å². The van der Waals surface area contributed by atoms with Gasteiger partial charge in [0.05, 0.1) is 25.4 Å². The molecule has 0 aromatic carbocycles. The highest BCUT2D eigenvalue weighted by Gasteiger charge is 2.26. The van der Waals surface area contributed by atoms with E-state index in [4.69, 9.17) is 9.84 Å². The van der Waals surface area contributed by atoms with Crippen molar-refractivity contribution in [2.45, 2.75) is 26.0 Å². The lowest BCUT2D eigenvalue weighted by Gasteiger charge is -2.35. The molecule has 5 nitrogen and oxygen atoms in total. The molecule has 1 amide bonds. The van der Waals surface area contributed by atoms with Gasteiger partial charge >= 0.3 is 0 Å². The Kier molecular flexibility index (Phi) is 5.01. The number of nitrogens with one attached hydrogen (secondary N) is 1. The Balaban J connectivity index is 2.44. The van der Waals surface area contributed by atoms with Crippen LogP contribution in [0.1, 0.15) is 13.8 Å². The molecule has 1 fully saturated rings. The van der Waals surface area contributed by atoms with Gasteiger partial charge in [-0.05, 0) is 13.8 Å². The Hall–Kier alpha value is -0.650.